The number of hydrogen-bond donors (Lipinski definition) is 0. The first-order chi connectivity index (χ1) is 9.86. The number of benzene rings is 1. The Balaban J connectivity index is 2.19. The molecule has 1 fully saturated rings. The maximum Gasteiger partial charge on any atom is 0.283 e. The molecule has 2 unspecified atom stereocenters. The number of rotatable bonds is 4. The Hall–Kier alpha value is -1.95. The van der Waals surface area contributed by atoms with E-state index in [1.165, 1.54) is 19.1 Å². The van der Waals surface area contributed by atoms with Crippen molar-refractivity contribution in [1.29, 1.82) is 0 Å². The molecule has 1 aromatic carbocycles. The molecule has 21 heavy (non-hydrogen) atoms. The van der Waals surface area contributed by atoms with Crippen LogP contribution in [-0.4, -0.2) is 29.0 Å². The highest BCUT2D eigenvalue weighted by molar-refractivity contribution is 5.98. The fraction of sp³-hybridized carbons (Fsp3) is 0.533. The van der Waals surface area contributed by atoms with Gasteiger partial charge in [-0.1, -0.05) is 0 Å². The quantitative estimate of drug-likeness (QED) is 0.484. The summed E-state index contributed by atoms with van der Waals surface area (Å²) in [4.78, 5) is 21.9. The monoisotopic (exact) mass is 293 g/mol. The Labute approximate surface area is 123 Å². The second-order valence-corrected chi connectivity index (χ2v) is 5.46. The molecular formula is C15H19NO5. The molecule has 1 aliphatic heterocycles. The van der Waals surface area contributed by atoms with Crippen molar-refractivity contribution < 1.29 is 19.2 Å². The highest BCUT2D eigenvalue weighted by Gasteiger charge is 2.27. The summed E-state index contributed by atoms with van der Waals surface area (Å²) in [6.07, 6.45) is 1.65. The summed E-state index contributed by atoms with van der Waals surface area (Å²) in [6.45, 7) is 5.27. The van der Waals surface area contributed by atoms with E-state index in [1.807, 2.05) is 13.8 Å². The number of carbonyl (C=O) groups is 1. The van der Waals surface area contributed by atoms with Gasteiger partial charge in [0.2, 0.25) is 0 Å². The van der Waals surface area contributed by atoms with Crippen LogP contribution in [-0.2, 0) is 4.74 Å². The third-order valence-electron chi connectivity index (χ3n) is 3.50. The van der Waals surface area contributed by atoms with E-state index < -0.39 is 4.92 Å². The summed E-state index contributed by atoms with van der Waals surface area (Å²) in [5.41, 5.74) is -0.116. The highest BCUT2D eigenvalue weighted by Crippen LogP contribution is 2.29. The molecule has 0 bridgehead atoms. The van der Waals surface area contributed by atoms with Gasteiger partial charge in [-0.25, -0.2) is 0 Å². The molecule has 0 aromatic heterocycles. The van der Waals surface area contributed by atoms with E-state index in [1.54, 1.807) is 6.07 Å². The van der Waals surface area contributed by atoms with Crippen LogP contribution in [0.1, 0.15) is 44.0 Å². The number of Topliss-reactive ketones (excluding diaryl/α,β-unsaturated/α-hetero) is 1. The molecule has 6 nitrogen and oxygen atoms in total. The van der Waals surface area contributed by atoms with Crippen LogP contribution in [0.5, 0.6) is 5.75 Å². The van der Waals surface area contributed by atoms with Crippen molar-refractivity contribution in [2.75, 3.05) is 0 Å². The van der Waals surface area contributed by atoms with Crippen LogP contribution in [0, 0.1) is 10.1 Å². The SMILES string of the molecule is CC(=O)c1ccc(OC2CC(C)OC(C)C2)cc1[N+](=O)[O-]. The molecule has 0 aliphatic carbocycles. The second-order valence-electron chi connectivity index (χ2n) is 5.46. The normalized spacial score (nSPS) is 25.4. The minimum absolute atomic E-state index is 0.0356. The Bertz CT molecular complexity index is 547. The van der Waals surface area contributed by atoms with Crippen molar-refractivity contribution in [3.8, 4) is 5.75 Å². The van der Waals surface area contributed by atoms with Crippen molar-refractivity contribution >= 4 is 11.5 Å². The van der Waals surface area contributed by atoms with Gasteiger partial charge in [0.1, 0.15) is 11.9 Å². The number of nitro benzene ring substituents is 1. The Morgan fingerprint density at radius 1 is 1.33 bits per heavy atom. The van der Waals surface area contributed by atoms with Crippen LogP contribution in [0.15, 0.2) is 18.2 Å². The Morgan fingerprint density at radius 2 is 1.95 bits per heavy atom. The molecule has 1 saturated heterocycles. The van der Waals surface area contributed by atoms with Gasteiger partial charge in [-0.15, -0.1) is 0 Å². The summed E-state index contributed by atoms with van der Waals surface area (Å²) in [5.74, 6) is 0.0829. The van der Waals surface area contributed by atoms with Crippen LogP contribution in [0.3, 0.4) is 0 Å². The lowest BCUT2D eigenvalue weighted by Gasteiger charge is -2.32. The van der Waals surface area contributed by atoms with E-state index in [0.29, 0.717) is 5.75 Å². The molecule has 1 aromatic rings. The maximum atomic E-state index is 11.4. The number of hydrogen-bond acceptors (Lipinski definition) is 5. The molecule has 0 amide bonds. The van der Waals surface area contributed by atoms with Crippen molar-refractivity contribution in [2.24, 2.45) is 0 Å². The van der Waals surface area contributed by atoms with Gasteiger partial charge in [-0.2, -0.15) is 0 Å². The smallest absolute Gasteiger partial charge is 0.283 e. The lowest BCUT2D eigenvalue weighted by molar-refractivity contribution is -0.385. The van der Waals surface area contributed by atoms with Gasteiger partial charge in [-0.3, -0.25) is 14.9 Å². The average molecular weight is 293 g/mol. The van der Waals surface area contributed by atoms with E-state index in [-0.39, 0.29) is 35.3 Å². The molecule has 1 heterocycles. The number of nitro groups is 1. The van der Waals surface area contributed by atoms with Crippen LogP contribution < -0.4 is 4.74 Å². The fourth-order valence-corrected chi connectivity index (χ4v) is 2.67. The molecule has 0 spiro atoms. The summed E-state index contributed by atoms with van der Waals surface area (Å²) in [5, 5.41) is 11.1. The van der Waals surface area contributed by atoms with Crippen molar-refractivity contribution in [2.45, 2.75) is 51.9 Å². The summed E-state index contributed by atoms with van der Waals surface area (Å²) in [7, 11) is 0. The van der Waals surface area contributed by atoms with Gasteiger partial charge in [-0.05, 0) is 32.9 Å². The predicted octanol–water partition coefficient (Wildman–Crippen LogP) is 3.13. The van der Waals surface area contributed by atoms with Gasteiger partial charge in [0.05, 0.1) is 28.8 Å². The third-order valence-corrected chi connectivity index (χ3v) is 3.50. The van der Waals surface area contributed by atoms with Gasteiger partial charge >= 0.3 is 0 Å². The number of ketones is 1. The Morgan fingerprint density at radius 3 is 2.48 bits per heavy atom. The second kappa shape index (κ2) is 6.22. The topological polar surface area (TPSA) is 78.7 Å². The maximum absolute atomic E-state index is 11.4. The van der Waals surface area contributed by atoms with Crippen LogP contribution in [0.2, 0.25) is 0 Å². The van der Waals surface area contributed by atoms with E-state index in [4.69, 9.17) is 9.47 Å². The van der Waals surface area contributed by atoms with Crippen molar-refractivity contribution in [3.05, 3.63) is 33.9 Å². The Kier molecular flexibility index (Phi) is 4.57. The highest BCUT2D eigenvalue weighted by atomic mass is 16.6. The first kappa shape index (κ1) is 15.4. The van der Waals surface area contributed by atoms with Crippen molar-refractivity contribution in [3.63, 3.8) is 0 Å². The summed E-state index contributed by atoms with van der Waals surface area (Å²) >= 11 is 0. The molecule has 0 N–H and O–H groups in total. The number of ether oxygens (including phenoxy) is 2. The molecule has 114 valence electrons. The third kappa shape index (κ3) is 3.78. The number of nitrogens with zero attached hydrogens (tertiary/aromatic N) is 1. The average Bonchev–Trinajstić information content (AvgIpc) is 2.36. The van der Waals surface area contributed by atoms with E-state index in [2.05, 4.69) is 0 Å². The zero-order valence-electron chi connectivity index (χ0n) is 12.4. The van der Waals surface area contributed by atoms with Crippen LogP contribution in [0.25, 0.3) is 0 Å². The molecule has 0 saturated carbocycles. The van der Waals surface area contributed by atoms with Crippen LogP contribution in [0.4, 0.5) is 5.69 Å². The zero-order valence-corrected chi connectivity index (χ0v) is 12.4. The van der Waals surface area contributed by atoms with Gasteiger partial charge in [0.25, 0.3) is 5.69 Å². The lowest BCUT2D eigenvalue weighted by Crippen LogP contribution is -2.35. The number of carbonyl (C=O) groups excluding carboxylic acids is 1. The summed E-state index contributed by atoms with van der Waals surface area (Å²) in [6, 6.07) is 4.37. The predicted molar refractivity (Wildman–Crippen MR) is 76.8 cm³/mol. The van der Waals surface area contributed by atoms with E-state index >= 15 is 0 Å². The molecular weight excluding hydrogens is 274 g/mol. The van der Waals surface area contributed by atoms with Crippen molar-refractivity contribution in [1.82, 2.24) is 0 Å². The lowest BCUT2D eigenvalue weighted by atomic mass is 10.0. The molecule has 1 aliphatic rings. The molecule has 6 heteroatoms. The minimum atomic E-state index is -0.557. The molecule has 2 atom stereocenters. The first-order valence-electron chi connectivity index (χ1n) is 6.98. The van der Waals surface area contributed by atoms with E-state index in [0.717, 1.165) is 12.8 Å². The minimum Gasteiger partial charge on any atom is -0.490 e. The zero-order chi connectivity index (χ0) is 15.6. The van der Waals surface area contributed by atoms with E-state index in [9.17, 15) is 14.9 Å². The molecule has 0 radical (unpaired) electrons. The van der Waals surface area contributed by atoms with Crippen LogP contribution >= 0.6 is 0 Å². The fourth-order valence-electron chi connectivity index (χ4n) is 2.67. The van der Waals surface area contributed by atoms with Gasteiger partial charge in [0, 0.05) is 12.8 Å². The first-order valence-corrected chi connectivity index (χ1v) is 6.98. The van der Waals surface area contributed by atoms with Gasteiger partial charge in [0.15, 0.2) is 5.78 Å². The largest absolute Gasteiger partial charge is 0.490 e. The summed E-state index contributed by atoms with van der Waals surface area (Å²) < 4.78 is 11.5. The van der Waals surface area contributed by atoms with Gasteiger partial charge < -0.3 is 9.47 Å². The molecule has 2 rings (SSSR count). The standard InChI is InChI=1S/C15H19NO5/c1-9-6-13(7-10(2)20-9)21-12-4-5-14(11(3)17)15(8-12)16(18)19/h4-5,8-10,13H,6-7H2,1-3H3.